The monoisotopic (exact) mass is 443 g/mol. The van der Waals surface area contributed by atoms with Gasteiger partial charge < -0.3 is 10.6 Å². The minimum Gasteiger partial charge on any atom is -0.369 e. The maximum atomic E-state index is 12.4. The number of amides is 1. The van der Waals surface area contributed by atoms with E-state index in [1.165, 1.54) is 18.2 Å². The van der Waals surface area contributed by atoms with Crippen LogP contribution in [0.1, 0.15) is 31.1 Å². The van der Waals surface area contributed by atoms with E-state index in [1.54, 1.807) is 28.7 Å². The largest absolute Gasteiger partial charge is 0.369 e. The van der Waals surface area contributed by atoms with Gasteiger partial charge in [-0.05, 0) is 17.7 Å². The Morgan fingerprint density at radius 3 is 2.84 bits per heavy atom. The van der Waals surface area contributed by atoms with E-state index >= 15 is 0 Å². The van der Waals surface area contributed by atoms with Crippen LogP contribution in [0.3, 0.4) is 0 Å². The molecule has 0 atom stereocenters. The van der Waals surface area contributed by atoms with Crippen LogP contribution in [0.15, 0.2) is 35.6 Å². The van der Waals surface area contributed by atoms with Crippen LogP contribution < -0.4 is 10.6 Å². The van der Waals surface area contributed by atoms with E-state index in [1.807, 2.05) is 6.92 Å². The van der Waals surface area contributed by atoms with Crippen molar-refractivity contribution in [3.05, 3.63) is 46.1 Å². The summed E-state index contributed by atoms with van der Waals surface area (Å²) in [5.41, 5.74) is 0.815. The van der Waals surface area contributed by atoms with Gasteiger partial charge in [-0.25, -0.2) is 14.6 Å². The lowest BCUT2D eigenvalue weighted by molar-refractivity contribution is -0.384. The van der Waals surface area contributed by atoms with Crippen LogP contribution in [0.2, 0.25) is 0 Å². The summed E-state index contributed by atoms with van der Waals surface area (Å²) in [5, 5.41) is 23.0. The summed E-state index contributed by atoms with van der Waals surface area (Å²) in [6.07, 6.45) is 1.72. The van der Waals surface area contributed by atoms with Gasteiger partial charge in [0.2, 0.25) is 0 Å². The fourth-order valence-corrected chi connectivity index (χ4v) is 3.43. The van der Waals surface area contributed by atoms with Crippen molar-refractivity contribution in [2.75, 3.05) is 24.2 Å². The molecule has 0 unspecified atom stereocenters. The molecule has 0 aliphatic carbocycles. The molecular formula is C20H25N7O3S. The molecule has 0 fully saturated rings. The number of rotatable bonds is 10. The Morgan fingerprint density at radius 1 is 1.32 bits per heavy atom. The van der Waals surface area contributed by atoms with Gasteiger partial charge in [-0.2, -0.15) is 5.10 Å². The number of aromatic nitrogens is 4. The number of hydrogen-bond donors (Lipinski definition) is 2. The van der Waals surface area contributed by atoms with Crippen molar-refractivity contribution in [3.63, 3.8) is 0 Å². The molecule has 0 aliphatic rings. The van der Waals surface area contributed by atoms with Crippen molar-refractivity contribution in [1.82, 2.24) is 25.1 Å². The molecule has 0 bridgehead atoms. The molecule has 31 heavy (non-hydrogen) atoms. The smallest absolute Gasteiger partial charge is 0.270 e. The molecule has 2 N–H and O–H groups in total. The summed E-state index contributed by atoms with van der Waals surface area (Å²) in [6.45, 7) is 7.78. The maximum Gasteiger partial charge on any atom is 0.270 e. The highest BCUT2D eigenvalue weighted by atomic mass is 32.2. The molecule has 2 aromatic heterocycles. The average molecular weight is 444 g/mol. The molecular weight excluding hydrogens is 418 g/mol. The number of carbonyl (C=O) groups is 1. The fraction of sp³-hybridized carbons (Fsp3) is 0.400. The molecule has 3 aromatic rings. The zero-order chi connectivity index (χ0) is 22.4. The normalized spacial score (nSPS) is 11.1. The number of nitro benzene ring substituents is 1. The van der Waals surface area contributed by atoms with Gasteiger partial charge in [-0.1, -0.05) is 38.6 Å². The van der Waals surface area contributed by atoms with Gasteiger partial charge >= 0.3 is 0 Å². The fourth-order valence-electron chi connectivity index (χ4n) is 2.87. The number of nitrogens with one attached hydrogen (secondary N) is 2. The molecule has 164 valence electrons. The van der Waals surface area contributed by atoms with Crippen LogP contribution in [0, 0.1) is 16.0 Å². The van der Waals surface area contributed by atoms with Crippen LogP contribution in [0.5, 0.6) is 0 Å². The minimum atomic E-state index is -0.525. The first-order chi connectivity index (χ1) is 14.9. The van der Waals surface area contributed by atoms with Gasteiger partial charge in [-0.3, -0.25) is 14.9 Å². The van der Waals surface area contributed by atoms with Crippen molar-refractivity contribution in [1.29, 1.82) is 0 Å². The standard InChI is InChI=1S/C20H25N7O3S/c1-4-31-20-24-17(22-11-13(2)3)16-12-23-26(18(16)25-20)9-8-21-19(28)14-6-5-7-15(10-14)27(29)30/h5-7,10,12-13H,4,8-9,11H2,1-3H3,(H,21,28)(H,22,24,25). The average Bonchev–Trinajstić information content (AvgIpc) is 3.15. The van der Waals surface area contributed by atoms with Crippen LogP contribution in [-0.4, -0.2) is 49.4 Å². The van der Waals surface area contributed by atoms with Crippen LogP contribution in [-0.2, 0) is 6.54 Å². The number of non-ortho nitro benzene ring substituents is 1. The van der Waals surface area contributed by atoms with Crippen molar-refractivity contribution >= 4 is 40.2 Å². The molecule has 3 rings (SSSR count). The number of hydrogen-bond acceptors (Lipinski definition) is 8. The second-order valence-electron chi connectivity index (χ2n) is 7.23. The molecule has 2 heterocycles. The molecule has 0 aliphatic heterocycles. The predicted molar refractivity (Wildman–Crippen MR) is 120 cm³/mol. The maximum absolute atomic E-state index is 12.4. The Bertz CT molecular complexity index is 1080. The van der Waals surface area contributed by atoms with Gasteiger partial charge in [0, 0.05) is 30.8 Å². The summed E-state index contributed by atoms with van der Waals surface area (Å²) in [6, 6.07) is 5.64. The number of anilines is 1. The second kappa shape index (κ2) is 10.2. The predicted octanol–water partition coefficient (Wildman–Crippen LogP) is 3.34. The van der Waals surface area contributed by atoms with Gasteiger partial charge in [0.05, 0.1) is 23.1 Å². The van der Waals surface area contributed by atoms with E-state index in [0.29, 0.717) is 29.8 Å². The van der Waals surface area contributed by atoms with E-state index in [4.69, 9.17) is 0 Å². The molecule has 1 aromatic carbocycles. The first-order valence-corrected chi connectivity index (χ1v) is 11.0. The Balaban J connectivity index is 1.73. The van der Waals surface area contributed by atoms with E-state index in [-0.39, 0.29) is 17.2 Å². The summed E-state index contributed by atoms with van der Waals surface area (Å²) >= 11 is 1.55. The first kappa shape index (κ1) is 22.5. The van der Waals surface area contributed by atoms with Crippen molar-refractivity contribution in [2.24, 2.45) is 5.92 Å². The topological polar surface area (TPSA) is 128 Å². The minimum absolute atomic E-state index is 0.121. The Kier molecular flexibility index (Phi) is 7.40. The summed E-state index contributed by atoms with van der Waals surface area (Å²) in [7, 11) is 0. The van der Waals surface area contributed by atoms with Crippen molar-refractivity contribution in [3.8, 4) is 0 Å². The van der Waals surface area contributed by atoms with E-state index in [9.17, 15) is 14.9 Å². The molecule has 11 heteroatoms. The number of nitro groups is 1. The quantitative estimate of drug-likeness (QED) is 0.211. The summed E-state index contributed by atoms with van der Waals surface area (Å²) < 4.78 is 1.73. The van der Waals surface area contributed by atoms with E-state index in [0.717, 1.165) is 23.5 Å². The lowest BCUT2D eigenvalue weighted by Gasteiger charge is -2.11. The highest BCUT2D eigenvalue weighted by molar-refractivity contribution is 7.99. The van der Waals surface area contributed by atoms with Crippen LogP contribution in [0.25, 0.3) is 11.0 Å². The lowest BCUT2D eigenvalue weighted by atomic mass is 10.2. The SMILES string of the molecule is CCSc1nc(NCC(C)C)c2cnn(CCNC(=O)c3cccc([N+](=O)[O-])c3)c2n1. The Labute approximate surface area is 184 Å². The van der Waals surface area contributed by atoms with Crippen LogP contribution >= 0.6 is 11.8 Å². The van der Waals surface area contributed by atoms with Crippen molar-refractivity contribution in [2.45, 2.75) is 32.5 Å². The summed E-state index contributed by atoms with van der Waals surface area (Å²) in [4.78, 5) is 32.0. The molecule has 0 saturated carbocycles. The zero-order valence-electron chi connectivity index (χ0n) is 17.7. The zero-order valence-corrected chi connectivity index (χ0v) is 18.5. The highest BCUT2D eigenvalue weighted by Crippen LogP contribution is 2.24. The molecule has 0 saturated heterocycles. The lowest BCUT2D eigenvalue weighted by Crippen LogP contribution is -2.27. The first-order valence-electron chi connectivity index (χ1n) is 10.0. The number of fused-ring (bicyclic) bond motifs is 1. The number of nitrogens with zero attached hydrogens (tertiary/aromatic N) is 5. The molecule has 1 amide bonds. The second-order valence-corrected chi connectivity index (χ2v) is 8.46. The van der Waals surface area contributed by atoms with Crippen molar-refractivity contribution < 1.29 is 9.72 Å². The van der Waals surface area contributed by atoms with Gasteiger partial charge in [-0.15, -0.1) is 0 Å². The van der Waals surface area contributed by atoms with E-state index < -0.39 is 4.92 Å². The third-order valence-corrected chi connectivity index (χ3v) is 5.08. The van der Waals surface area contributed by atoms with Gasteiger partial charge in [0.15, 0.2) is 10.8 Å². The molecule has 0 spiro atoms. The molecule has 0 radical (unpaired) electrons. The Morgan fingerprint density at radius 2 is 2.13 bits per heavy atom. The number of thioether (sulfide) groups is 1. The third-order valence-electron chi connectivity index (χ3n) is 4.36. The van der Waals surface area contributed by atoms with Gasteiger partial charge in [0.25, 0.3) is 11.6 Å². The third kappa shape index (κ3) is 5.69. The van der Waals surface area contributed by atoms with E-state index in [2.05, 4.69) is 39.5 Å². The number of benzene rings is 1. The Hall–Kier alpha value is -3.21. The molecule has 10 nitrogen and oxygen atoms in total. The highest BCUT2D eigenvalue weighted by Gasteiger charge is 2.15. The van der Waals surface area contributed by atoms with Gasteiger partial charge in [0.1, 0.15) is 5.82 Å². The van der Waals surface area contributed by atoms with Crippen LogP contribution in [0.4, 0.5) is 11.5 Å². The summed E-state index contributed by atoms with van der Waals surface area (Å²) in [5.74, 6) is 1.69. The number of carbonyl (C=O) groups excluding carboxylic acids is 1.